The van der Waals surface area contributed by atoms with Gasteiger partial charge in [-0.2, -0.15) is 10.5 Å². The van der Waals surface area contributed by atoms with Crippen molar-refractivity contribution in [2.45, 2.75) is 19.3 Å². The lowest BCUT2D eigenvalue weighted by Crippen LogP contribution is -2.20. The molecule has 2 aromatic rings. The van der Waals surface area contributed by atoms with Crippen LogP contribution < -0.4 is 5.32 Å². The number of carbonyl (C=O) groups is 2. The molecule has 1 aromatic carbocycles. The van der Waals surface area contributed by atoms with Crippen molar-refractivity contribution in [2.24, 2.45) is 0 Å². The smallest absolute Gasteiger partial charge is 0.338 e. The van der Waals surface area contributed by atoms with Gasteiger partial charge in [0.2, 0.25) is 0 Å². The average molecular weight is 351 g/mol. The minimum absolute atomic E-state index is 0.264. The number of carbonyl (C=O) groups excluding carboxylic acids is 2. The molecule has 1 aromatic heterocycles. The molecule has 124 valence electrons. The van der Waals surface area contributed by atoms with Crippen LogP contribution in [0, 0.1) is 22.7 Å². The summed E-state index contributed by atoms with van der Waals surface area (Å²) in [5.41, 5.74) is 2.24. The van der Waals surface area contributed by atoms with Crippen LogP contribution in [-0.4, -0.2) is 18.5 Å². The Morgan fingerprint density at radius 3 is 2.60 bits per heavy atom. The van der Waals surface area contributed by atoms with Crippen LogP contribution >= 0.6 is 11.3 Å². The summed E-state index contributed by atoms with van der Waals surface area (Å²) in [6.45, 7) is -0.438. The molecule has 0 saturated carbocycles. The van der Waals surface area contributed by atoms with Crippen molar-refractivity contribution in [2.75, 3.05) is 11.9 Å². The topological polar surface area (TPSA) is 103 Å². The second-order valence-corrected chi connectivity index (χ2v) is 6.59. The minimum atomic E-state index is -0.645. The zero-order chi connectivity index (χ0) is 17.8. The lowest BCUT2D eigenvalue weighted by Gasteiger charge is -2.06. The summed E-state index contributed by atoms with van der Waals surface area (Å²) in [6.07, 6.45) is 2.82. The van der Waals surface area contributed by atoms with Crippen molar-refractivity contribution in [3.8, 4) is 12.1 Å². The van der Waals surface area contributed by atoms with E-state index in [1.165, 1.54) is 35.6 Å². The van der Waals surface area contributed by atoms with Gasteiger partial charge in [0.1, 0.15) is 11.1 Å². The van der Waals surface area contributed by atoms with E-state index < -0.39 is 18.5 Å². The monoisotopic (exact) mass is 351 g/mol. The number of ether oxygens (including phenoxy) is 1. The average Bonchev–Trinajstić information content (AvgIpc) is 3.20. The summed E-state index contributed by atoms with van der Waals surface area (Å²) in [5.74, 6) is -1.13. The Morgan fingerprint density at radius 2 is 1.92 bits per heavy atom. The zero-order valence-corrected chi connectivity index (χ0v) is 14.0. The fourth-order valence-corrected chi connectivity index (χ4v) is 3.92. The Labute approximate surface area is 148 Å². The van der Waals surface area contributed by atoms with Crippen LogP contribution in [0.1, 0.15) is 38.3 Å². The first-order chi connectivity index (χ1) is 12.1. The van der Waals surface area contributed by atoms with Crippen LogP contribution in [0.4, 0.5) is 5.00 Å². The SMILES string of the molecule is N#Cc1ccc(C(=O)OCC(=O)Nc2sc3c(c2C#N)CCC3)cc1. The molecule has 0 unspecified atom stereocenters. The highest BCUT2D eigenvalue weighted by Gasteiger charge is 2.23. The Hall–Kier alpha value is -3.16. The number of anilines is 1. The van der Waals surface area contributed by atoms with Crippen molar-refractivity contribution >= 4 is 28.2 Å². The third-order valence-electron chi connectivity index (χ3n) is 3.87. The molecule has 25 heavy (non-hydrogen) atoms. The highest BCUT2D eigenvalue weighted by molar-refractivity contribution is 7.16. The van der Waals surface area contributed by atoms with Crippen LogP contribution in [0.25, 0.3) is 0 Å². The van der Waals surface area contributed by atoms with Crippen LogP contribution in [0.2, 0.25) is 0 Å². The molecule has 6 nitrogen and oxygen atoms in total. The molecule has 0 bridgehead atoms. The van der Waals surface area contributed by atoms with Crippen LogP contribution in [0.5, 0.6) is 0 Å². The van der Waals surface area contributed by atoms with Crippen LogP contribution in [0.3, 0.4) is 0 Å². The number of amides is 1. The maximum absolute atomic E-state index is 12.0. The molecule has 0 atom stereocenters. The molecule has 0 aliphatic heterocycles. The van der Waals surface area contributed by atoms with Gasteiger partial charge in [-0.05, 0) is 49.1 Å². The standard InChI is InChI=1S/C18H13N3O3S/c19-8-11-4-6-12(7-5-11)18(23)24-10-16(22)21-17-14(9-20)13-2-1-3-15(13)25-17/h4-7H,1-3,10H2,(H,21,22). The lowest BCUT2D eigenvalue weighted by molar-refractivity contribution is -0.119. The second-order valence-electron chi connectivity index (χ2n) is 5.49. The fraction of sp³-hybridized carbons (Fsp3) is 0.222. The largest absolute Gasteiger partial charge is 0.452 e. The Kier molecular flexibility index (Phi) is 4.78. The van der Waals surface area contributed by atoms with E-state index in [4.69, 9.17) is 10.00 Å². The summed E-state index contributed by atoms with van der Waals surface area (Å²) in [4.78, 5) is 25.1. The van der Waals surface area contributed by atoms with Gasteiger partial charge in [0.05, 0.1) is 22.8 Å². The number of fused-ring (bicyclic) bond motifs is 1. The first-order valence-electron chi connectivity index (χ1n) is 7.64. The van der Waals surface area contributed by atoms with E-state index in [9.17, 15) is 14.9 Å². The van der Waals surface area contributed by atoms with Crippen molar-refractivity contribution in [3.05, 3.63) is 51.4 Å². The number of aryl methyl sites for hydroxylation is 1. The zero-order valence-electron chi connectivity index (χ0n) is 13.2. The molecule has 1 aliphatic carbocycles. The van der Waals surface area contributed by atoms with Crippen molar-refractivity contribution in [1.82, 2.24) is 0 Å². The Balaban J connectivity index is 1.59. The number of esters is 1. The number of nitrogens with zero attached hydrogens (tertiary/aromatic N) is 2. The maximum Gasteiger partial charge on any atom is 0.338 e. The quantitative estimate of drug-likeness (QED) is 0.853. The molecule has 1 amide bonds. The van der Waals surface area contributed by atoms with Gasteiger partial charge in [-0.15, -0.1) is 11.3 Å². The van der Waals surface area contributed by atoms with E-state index in [1.54, 1.807) is 0 Å². The van der Waals surface area contributed by atoms with E-state index in [0.717, 1.165) is 29.7 Å². The summed E-state index contributed by atoms with van der Waals surface area (Å²) >= 11 is 1.41. The third kappa shape index (κ3) is 3.52. The number of thiophene rings is 1. The molecular weight excluding hydrogens is 338 g/mol. The molecule has 7 heteroatoms. The van der Waals surface area contributed by atoms with Gasteiger partial charge in [-0.1, -0.05) is 0 Å². The Morgan fingerprint density at radius 1 is 1.16 bits per heavy atom. The summed E-state index contributed by atoms with van der Waals surface area (Å²) < 4.78 is 4.97. The van der Waals surface area contributed by atoms with Gasteiger partial charge in [0.25, 0.3) is 5.91 Å². The minimum Gasteiger partial charge on any atom is -0.452 e. The van der Waals surface area contributed by atoms with E-state index in [1.807, 2.05) is 6.07 Å². The first kappa shape index (κ1) is 16.7. The Bertz CT molecular complexity index is 917. The fourth-order valence-electron chi connectivity index (χ4n) is 2.67. The summed E-state index contributed by atoms with van der Waals surface area (Å²) in [7, 11) is 0. The normalized spacial score (nSPS) is 11.9. The highest BCUT2D eigenvalue weighted by Crippen LogP contribution is 2.38. The summed E-state index contributed by atoms with van der Waals surface area (Å²) in [6, 6.07) is 10.0. The van der Waals surface area contributed by atoms with Gasteiger partial charge < -0.3 is 10.1 Å². The van der Waals surface area contributed by atoms with Crippen molar-refractivity contribution in [3.63, 3.8) is 0 Å². The molecule has 0 saturated heterocycles. The van der Waals surface area contributed by atoms with E-state index in [2.05, 4.69) is 11.4 Å². The van der Waals surface area contributed by atoms with Gasteiger partial charge in [-0.3, -0.25) is 4.79 Å². The maximum atomic E-state index is 12.0. The highest BCUT2D eigenvalue weighted by atomic mass is 32.1. The number of rotatable bonds is 4. The van der Waals surface area contributed by atoms with Gasteiger partial charge in [-0.25, -0.2) is 4.79 Å². The summed E-state index contributed by atoms with van der Waals surface area (Å²) in [5, 5.41) is 21.2. The number of hydrogen-bond donors (Lipinski definition) is 1. The van der Waals surface area contributed by atoms with Crippen molar-refractivity contribution < 1.29 is 14.3 Å². The molecule has 1 N–H and O–H groups in total. The molecule has 3 rings (SSSR count). The van der Waals surface area contributed by atoms with E-state index in [0.29, 0.717) is 16.1 Å². The number of hydrogen-bond acceptors (Lipinski definition) is 6. The van der Waals surface area contributed by atoms with E-state index >= 15 is 0 Å². The number of benzene rings is 1. The van der Waals surface area contributed by atoms with Crippen LogP contribution in [-0.2, 0) is 22.4 Å². The van der Waals surface area contributed by atoms with Gasteiger partial charge in [0, 0.05) is 4.88 Å². The van der Waals surface area contributed by atoms with E-state index in [-0.39, 0.29) is 5.56 Å². The van der Waals surface area contributed by atoms with Gasteiger partial charge in [0.15, 0.2) is 6.61 Å². The van der Waals surface area contributed by atoms with Crippen molar-refractivity contribution in [1.29, 1.82) is 10.5 Å². The molecule has 0 spiro atoms. The first-order valence-corrected chi connectivity index (χ1v) is 8.46. The van der Waals surface area contributed by atoms with Crippen LogP contribution in [0.15, 0.2) is 24.3 Å². The molecule has 0 radical (unpaired) electrons. The van der Waals surface area contributed by atoms with Gasteiger partial charge >= 0.3 is 5.97 Å². The lowest BCUT2D eigenvalue weighted by atomic mass is 10.1. The predicted molar refractivity (Wildman–Crippen MR) is 91.1 cm³/mol. The molecule has 1 heterocycles. The number of nitriles is 2. The predicted octanol–water partition coefficient (Wildman–Crippen LogP) is 2.78. The second kappa shape index (κ2) is 7.16. The molecule has 1 aliphatic rings. The number of nitrogens with one attached hydrogen (secondary N) is 1. The molecular formula is C18H13N3O3S. The third-order valence-corrected chi connectivity index (χ3v) is 5.08. The molecule has 0 fully saturated rings.